The normalized spacial score (nSPS) is 11.5. The molecule has 4 heteroatoms. The van der Waals surface area contributed by atoms with Crippen molar-refractivity contribution in [3.05, 3.63) is 48.0 Å². The molecule has 1 rings (SSSR count). The summed E-state index contributed by atoms with van der Waals surface area (Å²) in [6, 6.07) is 9.16. The molecular formula is C15H18O4. The van der Waals surface area contributed by atoms with Crippen LogP contribution in [0.4, 0.5) is 0 Å². The Morgan fingerprint density at radius 2 is 1.89 bits per heavy atom. The van der Waals surface area contributed by atoms with Crippen molar-refractivity contribution in [3.63, 3.8) is 0 Å². The van der Waals surface area contributed by atoms with Crippen molar-refractivity contribution >= 4 is 11.9 Å². The smallest absolute Gasteiger partial charge is 0.333 e. The summed E-state index contributed by atoms with van der Waals surface area (Å²) in [4.78, 5) is 23.4. The summed E-state index contributed by atoms with van der Waals surface area (Å²) < 4.78 is 9.64. The lowest BCUT2D eigenvalue weighted by molar-refractivity contribution is -0.142. The molecule has 0 bridgehead atoms. The molecule has 19 heavy (non-hydrogen) atoms. The molecule has 0 N–H and O–H groups in total. The number of ether oxygens (including phenoxy) is 2. The van der Waals surface area contributed by atoms with Gasteiger partial charge in [-0.3, -0.25) is 4.79 Å². The van der Waals surface area contributed by atoms with Gasteiger partial charge in [0.15, 0.2) is 0 Å². The zero-order valence-corrected chi connectivity index (χ0v) is 11.2. The SMILES string of the molecule is C=C(CC(C(=O)OC)c1ccccc1)C(=O)OCC. The van der Waals surface area contributed by atoms with Crippen LogP contribution in [0.1, 0.15) is 24.8 Å². The number of rotatable bonds is 6. The van der Waals surface area contributed by atoms with E-state index in [0.29, 0.717) is 0 Å². The first-order valence-electron chi connectivity index (χ1n) is 6.07. The fraction of sp³-hybridized carbons (Fsp3) is 0.333. The Bertz CT molecular complexity index is 450. The van der Waals surface area contributed by atoms with Gasteiger partial charge in [0, 0.05) is 5.57 Å². The van der Waals surface area contributed by atoms with Crippen molar-refractivity contribution in [2.75, 3.05) is 13.7 Å². The number of carbonyl (C=O) groups excluding carboxylic acids is 2. The first-order chi connectivity index (χ1) is 9.10. The Morgan fingerprint density at radius 1 is 1.26 bits per heavy atom. The van der Waals surface area contributed by atoms with Crippen LogP contribution in [0.5, 0.6) is 0 Å². The van der Waals surface area contributed by atoms with Gasteiger partial charge >= 0.3 is 11.9 Å². The first kappa shape index (κ1) is 15.0. The molecule has 0 heterocycles. The highest BCUT2D eigenvalue weighted by molar-refractivity contribution is 5.89. The fourth-order valence-corrected chi connectivity index (χ4v) is 1.73. The van der Waals surface area contributed by atoms with E-state index in [2.05, 4.69) is 6.58 Å². The minimum atomic E-state index is -0.539. The molecule has 0 saturated carbocycles. The molecule has 1 unspecified atom stereocenters. The third-order valence-corrected chi connectivity index (χ3v) is 2.70. The molecule has 1 aromatic carbocycles. The molecule has 1 atom stereocenters. The van der Waals surface area contributed by atoms with Gasteiger partial charge in [0.25, 0.3) is 0 Å². The van der Waals surface area contributed by atoms with E-state index in [1.807, 2.05) is 30.3 Å². The van der Waals surface area contributed by atoms with Crippen molar-refractivity contribution in [1.29, 1.82) is 0 Å². The van der Waals surface area contributed by atoms with E-state index >= 15 is 0 Å². The van der Waals surface area contributed by atoms with E-state index < -0.39 is 17.9 Å². The van der Waals surface area contributed by atoms with Gasteiger partial charge < -0.3 is 9.47 Å². The van der Waals surface area contributed by atoms with E-state index in [1.54, 1.807) is 6.92 Å². The number of hydrogen-bond donors (Lipinski definition) is 0. The van der Waals surface area contributed by atoms with Crippen molar-refractivity contribution < 1.29 is 19.1 Å². The van der Waals surface area contributed by atoms with E-state index in [0.717, 1.165) is 5.56 Å². The maximum atomic E-state index is 11.8. The van der Waals surface area contributed by atoms with Crippen LogP contribution in [0.15, 0.2) is 42.5 Å². The molecule has 0 aliphatic carbocycles. The molecule has 1 aromatic rings. The molecule has 0 aliphatic rings. The molecule has 0 spiro atoms. The van der Waals surface area contributed by atoms with E-state index in [4.69, 9.17) is 9.47 Å². The Kier molecular flexibility index (Phi) is 5.79. The zero-order valence-electron chi connectivity index (χ0n) is 11.2. The monoisotopic (exact) mass is 262 g/mol. The standard InChI is InChI=1S/C15H18O4/c1-4-19-14(16)11(2)10-13(15(17)18-3)12-8-6-5-7-9-12/h5-9,13H,2,4,10H2,1,3H3. The first-order valence-corrected chi connectivity index (χ1v) is 6.07. The maximum Gasteiger partial charge on any atom is 0.333 e. The van der Waals surface area contributed by atoms with Crippen LogP contribution in [0.25, 0.3) is 0 Å². The van der Waals surface area contributed by atoms with E-state index in [-0.39, 0.29) is 18.6 Å². The highest BCUT2D eigenvalue weighted by atomic mass is 16.5. The van der Waals surface area contributed by atoms with Crippen molar-refractivity contribution in [1.82, 2.24) is 0 Å². The number of benzene rings is 1. The van der Waals surface area contributed by atoms with Crippen LogP contribution in [-0.2, 0) is 19.1 Å². The zero-order chi connectivity index (χ0) is 14.3. The van der Waals surface area contributed by atoms with Crippen LogP contribution >= 0.6 is 0 Å². The van der Waals surface area contributed by atoms with Gasteiger partial charge in [-0.05, 0) is 18.9 Å². The lowest BCUT2D eigenvalue weighted by Crippen LogP contribution is -2.18. The summed E-state index contributed by atoms with van der Waals surface area (Å²) in [5.41, 5.74) is 1.06. The second-order valence-corrected chi connectivity index (χ2v) is 4.01. The minimum absolute atomic E-state index is 0.190. The Labute approximate surface area is 113 Å². The number of carbonyl (C=O) groups is 2. The summed E-state index contributed by atoms with van der Waals surface area (Å²) >= 11 is 0. The van der Waals surface area contributed by atoms with Crippen molar-refractivity contribution in [2.45, 2.75) is 19.3 Å². The lowest BCUT2D eigenvalue weighted by atomic mass is 9.92. The van der Waals surface area contributed by atoms with Crippen molar-refractivity contribution in [2.24, 2.45) is 0 Å². The van der Waals surface area contributed by atoms with Crippen LogP contribution in [0.3, 0.4) is 0 Å². The third kappa shape index (κ3) is 4.25. The average molecular weight is 262 g/mol. The predicted octanol–water partition coefficient (Wildman–Crippen LogP) is 2.45. The molecule has 0 radical (unpaired) electrons. The summed E-state index contributed by atoms with van der Waals surface area (Å²) in [5, 5.41) is 0. The second-order valence-electron chi connectivity index (χ2n) is 4.01. The van der Waals surface area contributed by atoms with Gasteiger partial charge in [-0.25, -0.2) is 4.79 Å². The largest absolute Gasteiger partial charge is 0.469 e. The third-order valence-electron chi connectivity index (χ3n) is 2.70. The Morgan fingerprint density at radius 3 is 2.42 bits per heavy atom. The summed E-state index contributed by atoms with van der Waals surface area (Å²) in [6.07, 6.45) is 0.190. The average Bonchev–Trinajstić information content (AvgIpc) is 2.44. The Hall–Kier alpha value is -2.10. The van der Waals surface area contributed by atoms with Crippen LogP contribution in [0.2, 0.25) is 0 Å². The van der Waals surface area contributed by atoms with Crippen LogP contribution in [0, 0.1) is 0 Å². The van der Waals surface area contributed by atoms with E-state index in [1.165, 1.54) is 7.11 Å². The minimum Gasteiger partial charge on any atom is -0.469 e. The van der Waals surface area contributed by atoms with Gasteiger partial charge in [0.1, 0.15) is 0 Å². The van der Waals surface area contributed by atoms with Crippen molar-refractivity contribution in [3.8, 4) is 0 Å². The summed E-state index contributed by atoms with van der Waals surface area (Å²) in [5.74, 6) is -1.41. The van der Waals surface area contributed by atoms with E-state index in [9.17, 15) is 9.59 Å². The molecule has 102 valence electrons. The highest BCUT2D eigenvalue weighted by Gasteiger charge is 2.24. The van der Waals surface area contributed by atoms with Crippen LogP contribution in [-0.4, -0.2) is 25.7 Å². The molecular weight excluding hydrogens is 244 g/mol. The molecule has 0 fully saturated rings. The van der Waals surface area contributed by atoms with Gasteiger partial charge in [-0.1, -0.05) is 36.9 Å². The van der Waals surface area contributed by atoms with Gasteiger partial charge in [0.05, 0.1) is 19.6 Å². The summed E-state index contributed by atoms with van der Waals surface area (Å²) in [6.45, 7) is 5.68. The number of esters is 2. The van der Waals surface area contributed by atoms with Gasteiger partial charge in [0.2, 0.25) is 0 Å². The second kappa shape index (κ2) is 7.36. The predicted molar refractivity (Wildman–Crippen MR) is 71.6 cm³/mol. The Balaban J connectivity index is 2.85. The quantitative estimate of drug-likeness (QED) is 0.583. The molecule has 0 amide bonds. The number of hydrogen-bond acceptors (Lipinski definition) is 4. The molecule has 4 nitrogen and oxygen atoms in total. The molecule has 0 aromatic heterocycles. The lowest BCUT2D eigenvalue weighted by Gasteiger charge is -2.15. The molecule has 0 saturated heterocycles. The van der Waals surface area contributed by atoms with Gasteiger partial charge in [-0.2, -0.15) is 0 Å². The summed E-state index contributed by atoms with van der Waals surface area (Å²) in [7, 11) is 1.32. The molecule has 0 aliphatic heterocycles. The number of methoxy groups -OCH3 is 1. The topological polar surface area (TPSA) is 52.6 Å². The van der Waals surface area contributed by atoms with Crippen LogP contribution < -0.4 is 0 Å². The fourth-order valence-electron chi connectivity index (χ4n) is 1.73. The van der Waals surface area contributed by atoms with Gasteiger partial charge in [-0.15, -0.1) is 0 Å². The highest BCUT2D eigenvalue weighted by Crippen LogP contribution is 2.24. The maximum absolute atomic E-state index is 11.8.